The van der Waals surface area contributed by atoms with Gasteiger partial charge in [0, 0.05) is 23.3 Å². The number of hydrazone groups is 1. The molecule has 0 aliphatic rings. The second-order valence-corrected chi connectivity index (χ2v) is 8.74. The molecule has 12 heteroatoms. The molecular formula is C31H24N4O8. The summed E-state index contributed by atoms with van der Waals surface area (Å²) in [4.78, 5) is 48.5. The maximum atomic E-state index is 13.0. The summed E-state index contributed by atoms with van der Waals surface area (Å²) in [6.07, 6.45) is 2.62. The quantitative estimate of drug-likeness (QED) is 0.0617. The molecule has 0 aliphatic heterocycles. The molecule has 0 aliphatic carbocycles. The van der Waals surface area contributed by atoms with Gasteiger partial charge in [0.1, 0.15) is 11.4 Å². The fraction of sp³-hybridized carbons (Fsp3) is 0.0323. The first kappa shape index (κ1) is 29.7. The van der Waals surface area contributed by atoms with Gasteiger partial charge in [0.05, 0.1) is 23.8 Å². The number of nitrogens with one attached hydrogen (secondary N) is 2. The largest absolute Gasteiger partial charge is 0.507 e. The number of nitro benzene ring substituents is 1. The molecule has 4 aromatic carbocycles. The van der Waals surface area contributed by atoms with Crippen LogP contribution in [0.1, 0.15) is 31.8 Å². The molecule has 0 atom stereocenters. The first-order valence-electron chi connectivity index (χ1n) is 12.6. The van der Waals surface area contributed by atoms with Crippen LogP contribution >= 0.6 is 0 Å². The van der Waals surface area contributed by atoms with Gasteiger partial charge >= 0.3 is 5.97 Å². The van der Waals surface area contributed by atoms with E-state index in [0.29, 0.717) is 16.7 Å². The molecular weight excluding hydrogens is 556 g/mol. The van der Waals surface area contributed by atoms with Crippen LogP contribution < -0.4 is 20.2 Å². The summed E-state index contributed by atoms with van der Waals surface area (Å²) in [7, 11) is 1.37. The van der Waals surface area contributed by atoms with E-state index >= 15 is 0 Å². The van der Waals surface area contributed by atoms with Gasteiger partial charge in [-0.15, -0.1) is 0 Å². The Morgan fingerprint density at radius 3 is 2.26 bits per heavy atom. The zero-order valence-electron chi connectivity index (χ0n) is 22.6. The lowest BCUT2D eigenvalue weighted by atomic mass is 10.1. The second kappa shape index (κ2) is 13.9. The van der Waals surface area contributed by atoms with Crippen molar-refractivity contribution in [3.8, 4) is 17.2 Å². The molecule has 2 amide bonds. The summed E-state index contributed by atoms with van der Waals surface area (Å²) in [5.74, 6) is -1.87. The third-order valence-electron chi connectivity index (χ3n) is 5.85. The predicted molar refractivity (Wildman–Crippen MR) is 157 cm³/mol. The number of methoxy groups -OCH3 is 1. The van der Waals surface area contributed by atoms with Crippen LogP contribution in [0.3, 0.4) is 0 Å². The van der Waals surface area contributed by atoms with Crippen LogP contribution in [0.5, 0.6) is 17.2 Å². The number of ether oxygens (including phenoxy) is 2. The SMILES string of the molecule is COc1cc(/C=N\NC(=O)/C(=C/c2ccccc2O)NC(=O)c2ccccc2)ccc1OC(=O)c1ccc([N+](=O)[O-])cc1. The van der Waals surface area contributed by atoms with Crippen molar-refractivity contribution in [2.24, 2.45) is 5.10 Å². The second-order valence-electron chi connectivity index (χ2n) is 8.74. The van der Waals surface area contributed by atoms with Crippen molar-refractivity contribution in [3.63, 3.8) is 0 Å². The Morgan fingerprint density at radius 1 is 0.884 bits per heavy atom. The molecule has 0 fully saturated rings. The van der Waals surface area contributed by atoms with Crippen molar-refractivity contribution in [1.29, 1.82) is 0 Å². The predicted octanol–water partition coefficient (Wildman–Crippen LogP) is 4.45. The maximum Gasteiger partial charge on any atom is 0.343 e. The highest BCUT2D eigenvalue weighted by Gasteiger charge is 2.16. The Kier molecular flexibility index (Phi) is 9.56. The minimum Gasteiger partial charge on any atom is -0.507 e. The molecule has 0 aromatic heterocycles. The van der Waals surface area contributed by atoms with Gasteiger partial charge in [-0.3, -0.25) is 19.7 Å². The van der Waals surface area contributed by atoms with Crippen LogP contribution in [-0.4, -0.2) is 41.1 Å². The monoisotopic (exact) mass is 580 g/mol. The first-order valence-corrected chi connectivity index (χ1v) is 12.6. The number of carbonyl (C=O) groups is 3. The third-order valence-corrected chi connectivity index (χ3v) is 5.85. The minimum atomic E-state index is -0.760. The molecule has 216 valence electrons. The third kappa shape index (κ3) is 7.89. The number of carbonyl (C=O) groups excluding carboxylic acids is 3. The molecule has 0 saturated carbocycles. The topological polar surface area (TPSA) is 169 Å². The van der Waals surface area contributed by atoms with Crippen molar-refractivity contribution in [2.45, 2.75) is 0 Å². The van der Waals surface area contributed by atoms with Crippen LogP contribution in [0, 0.1) is 10.1 Å². The lowest BCUT2D eigenvalue weighted by molar-refractivity contribution is -0.384. The van der Waals surface area contributed by atoms with E-state index in [-0.39, 0.29) is 34.2 Å². The van der Waals surface area contributed by atoms with E-state index in [1.807, 2.05) is 0 Å². The molecule has 12 nitrogen and oxygen atoms in total. The van der Waals surface area contributed by atoms with E-state index in [2.05, 4.69) is 15.8 Å². The summed E-state index contributed by atoms with van der Waals surface area (Å²) >= 11 is 0. The molecule has 0 bridgehead atoms. The molecule has 4 rings (SSSR count). The summed E-state index contributed by atoms with van der Waals surface area (Å²) in [6.45, 7) is 0. The zero-order chi connectivity index (χ0) is 30.8. The van der Waals surface area contributed by atoms with Crippen molar-refractivity contribution in [2.75, 3.05) is 7.11 Å². The molecule has 0 saturated heterocycles. The van der Waals surface area contributed by atoms with Gasteiger partial charge in [-0.05, 0) is 60.2 Å². The molecule has 0 spiro atoms. The number of esters is 1. The van der Waals surface area contributed by atoms with Crippen LogP contribution in [0.25, 0.3) is 6.08 Å². The molecule has 3 N–H and O–H groups in total. The van der Waals surface area contributed by atoms with Crippen LogP contribution in [0.2, 0.25) is 0 Å². The summed E-state index contributed by atoms with van der Waals surface area (Å²) in [5.41, 5.74) is 3.20. The van der Waals surface area contributed by atoms with Gasteiger partial charge in [-0.2, -0.15) is 5.10 Å². The highest BCUT2D eigenvalue weighted by molar-refractivity contribution is 6.05. The van der Waals surface area contributed by atoms with Crippen LogP contribution in [0.15, 0.2) is 108 Å². The van der Waals surface area contributed by atoms with E-state index in [4.69, 9.17) is 9.47 Å². The first-order chi connectivity index (χ1) is 20.7. The van der Waals surface area contributed by atoms with Crippen LogP contribution in [-0.2, 0) is 4.79 Å². The van der Waals surface area contributed by atoms with E-state index in [1.165, 1.54) is 61.9 Å². The van der Waals surface area contributed by atoms with Gasteiger partial charge in [-0.1, -0.05) is 36.4 Å². The van der Waals surface area contributed by atoms with Crippen molar-refractivity contribution in [3.05, 3.63) is 135 Å². The Hall–Kier alpha value is -6.30. The number of para-hydroxylation sites is 1. The number of nitrogens with zero attached hydrogens (tertiary/aromatic N) is 2. The van der Waals surface area contributed by atoms with E-state index in [9.17, 15) is 29.6 Å². The van der Waals surface area contributed by atoms with Gasteiger partial charge in [-0.25, -0.2) is 10.2 Å². The van der Waals surface area contributed by atoms with Gasteiger partial charge in [0.2, 0.25) is 0 Å². The number of amides is 2. The smallest absolute Gasteiger partial charge is 0.343 e. The van der Waals surface area contributed by atoms with Gasteiger partial charge in [0.25, 0.3) is 17.5 Å². The fourth-order valence-corrected chi connectivity index (χ4v) is 3.66. The Morgan fingerprint density at radius 2 is 1.58 bits per heavy atom. The number of benzene rings is 4. The molecule has 43 heavy (non-hydrogen) atoms. The number of rotatable bonds is 10. The van der Waals surface area contributed by atoms with Gasteiger partial charge < -0.3 is 19.9 Å². The van der Waals surface area contributed by atoms with E-state index in [1.54, 1.807) is 54.6 Å². The maximum absolute atomic E-state index is 13.0. The Labute approximate surface area is 245 Å². The van der Waals surface area contributed by atoms with Crippen molar-refractivity contribution < 1.29 is 33.9 Å². The van der Waals surface area contributed by atoms with Crippen molar-refractivity contribution in [1.82, 2.24) is 10.7 Å². The zero-order valence-corrected chi connectivity index (χ0v) is 22.6. The summed E-state index contributed by atoms with van der Waals surface area (Å²) < 4.78 is 10.7. The number of nitro groups is 1. The molecule has 4 aromatic rings. The van der Waals surface area contributed by atoms with Crippen molar-refractivity contribution >= 4 is 35.8 Å². The number of aromatic hydroxyl groups is 1. The number of hydrogen-bond acceptors (Lipinski definition) is 9. The van der Waals surface area contributed by atoms with Crippen LogP contribution in [0.4, 0.5) is 5.69 Å². The normalized spacial score (nSPS) is 11.0. The van der Waals surface area contributed by atoms with E-state index in [0.717, 1.165) is 0 Å². The van der Waals surface area contributed by atoms with E-state index < -0.39 is 22.7 Å². The lowest BCUT2D eigenvalue weighted by Crippen LogP contribution is -2.32. The molecule has 0 unspecified atom stereocenters. The highest BCUT2D eigenvalue weighted by atomic mass is 16.6. The summed E-state index contributed by atoms with van der Waals surface area (Å²) in [6, 6.07) is 24.0. The number of non-ortho nitro benzene ring substituents is 1. The summed E-state index contributed by atoms with van der Waals surface area (Å²) in [5, 5.41) is 27.5. The van der Waals surface area contributed by atoms with Gasteiger partial charge in [0.15, 0.2) is 11.5 Å². The Balaban J connectivity index is 1.47. The average Bonchev–Trinajstić information content (AvgIpc) is 3.02. The molecule has 0 heterocycles. The molecule has 0 radical (unpaired) electrons. The number of phenolic OH excluding ortho intramolecular Hbond substituents is 1. The highest BCUT2D eigenvalue weighted by Crippen LogP contribution is 2.28. The minimum absolute atomic E-state index is 0.0866. The standard InChI is InChI=1S/C31H24N4O8/c1-42-28-17-20(11-16-27(28)43-31(39)22-12-14-24(15-13-22)35(40)41)19-32-34-30(38)25(18-23-9-5-6-10-26(23)36)33-29(37)21-7-3-2-4-8-21/h2-19,36H,1H3,(H,33,37)(H,34,38)/b25-18-,32-19-. The number of hydrogen-bond donors (Lipinski definition) is 3. The lowest BCUT2D eigenvalue weighted by Gasteiger charge is -2.10. The number of phenols is 1. The average molecular weight is 581 g/mol. The Bertz CT molecular complexity index is 1720. The fourth-order valence-electron chi connectivity index (χ4n) is 3.66.